The van der Waals surface area contributed by atoms with Crippen LogP contribution < -0.4 is 5.32 Å². The van der Waals surface area contributed by atoms with E-state index in [0.29, 0.717) is 12.5 Å². The minimum Gasteiger partial charge on any atom is -0.481 e. The molecule has 19 heavy (non-hydrogen) atoms. The maximum Gasteiger partial charge on any atom is 0.317 e. The molecule has 2 rings (SSSR count). The highest BCUT2D eigenvalue weighted by Gasteiger charge is 2.39. The fourth-order valence-electron chi connectivity index (χ4n) is 2.92. The molecule has 1 saturated heterocycles. The monoisotopic (exact) mass is 268 g/mol. The number of nitrogens with one attached hydrogen (secondary N) is 1. The van der Waals surface area contributed by atoms with Crippen LogP contribution in [-0.2, 0) is 4.79 Å². The van der Waals surface area contributed by atoms with Crippen molar-refractivity contribution in [2.75, 3.05) is 13.1 Å². The molecule has 2 amide bonds. The Morgan fingerprint density at radius 1 is 1.32 bits per heavy atom. The van der Waals surface area contributed by atoms with Gasteiger partial charge >= 0.3 is 12.0 Å². The molecular weight excluding hydrogens is 244 g/mol. The molecule has 1 heterocycles. The van der Waals surface area contributed by atoms with Crippen LogP contribution in [-0.4, -0.2) is 40.6 Å². The van der Waals surface area contributed by atoms with Crippen LogP contribution in [0.15, 0.2) is 0 Å². The molecule has 1 atom stereocenters. The lowest BCUT2D eigenvalue weighted by atomic mass is 9.94. The minimum absolute atomic E-state index is 0.0352. The van der Waals surface area contributed by atoms with Crippen LogP contribution in [0.5, 0.6) is 0 Å². The van der Waals surface area contributed by atoms with Gasteiger partial charge in [0.05, 0.1) is 0 Å². The number of carbonyl (C=O) groups is 2. The van der Waals surface area contributed by atoms with Crippen molar-refractivity contribution >= 4 is 12.0 Å². The van der Waals surface area contributed by atoms with E-state index in [-0.39, 0.29) is 23.9 Å². The minimum atomic E-state index is -0.773. The SMILES string of the molecule is CC(C)(NC(=O)N1CCCC(CC(=O)O)C1)C1CC1. The molecule has 0 spiro atoms. The van der Waals surface area contributed by atoms with Crippen LogP contribution in [0.2, 0.25) is 0 Å². The molecule has 5 nitrogen and oxygen atoms in total. The normalized spacial score (nSPS) is 24.1. The number of hydrogen-bond donors (Lipinski definition) is 2. The molecule has 0 aromatic rings. The van der Waals surface area contributed by atoms with Gasteiger partial charge in [0.25, 0.3) is 0 Å². The van der Waals surface area contributed by atoms with Gasteiger partial charge in [0.1, 0.15) is 0 Å². The van der Waals surface area contributed by atoms with Crippen LogP contribution >= 0.6 is 0 Å². The quantitative estimate of drug-likeness (QED) is 0.820. The predicted molar refractivity (Wildman–Crippen MR) is 71.9 cm³/mol. The Hall–Kier alpha value is -1.26. The van der Waals surface area contributed by atoms with Crippen molar-refractivity contribution in [3.8, 4) is 0 Å². The first-order valence-corrected chi connectivity index (χ1v) is 7.17. The molecule has 0 aromatic carbocycles. The van der Waals surface area contributed by atoms with Gasteiger partial charge < -0.3 is 15.3 Å². The van der Waals surface area contributed by atoms with Gasteiger partial charge in [-0.15, -0.1) is 0 Å². The number of rotatable bonds is 4. The number of carboxylic acids is 1. The Balaban J connectivity index is 1.86. The molecule has 1 aliphatic heterocycles. The number of nitrogens with zero attached hydrogens (tertiary/aromatic N) is 1. The first-order valence-electron chi connectivity index (χ1n) is 7.17. The molecule has 1 aliphatic carbocycles. The van der Waals surface area contributed by atoms with Gasteiger partial charge in [0.2, 0.25) is 0 Å². The Kier molecular flexibility index (Phi) is 4.02. The van der Waals surface area contributed by atoms with Crippen molar-refractivity contribution in [1.29, 1.82) is 0 Å². The summed E-state index contributed by atoms with van der Waals surface area (Å²) in [6.07, 6.45) is 4.34. The number of likely N-dealkylation sites (tertiary alicyclic amines) is 1. The maximum atomic E-state index is 12.2. The summed E-state index contributed by atoms with van der Waals surface area (Å²) in [4.78, 5) is 24.8. The third kappa shape index (κ3) is 3.85. The van der Waals surface area contributed by atoms with E-state index >= 15 is 0 Å². The Morgan fingerprint density at radius 3 is 2.58 bits per heavy atom. The zero-order valence-electron chi connectivity index (χ0n) is 11.8. The summed E-state index contributed by atoms with van der Waals surface area (Å²) in [6, 6.07) is -0.0352. The molecule has 0 bridgehead atoms. The molecular formula is C14H24N2O3. The lowest BCUT2D eigenvalue weighted by Gasteiger charge is -2.35. The molecule has 2 fully saturated rings. The molecule has 1 saturated carbocycles. The van der Waals surface area contributed by atoms with Crippen molar-refractivity contribution in [2.24, 2.45) is 11.8 Å². The molecule has 0 aromatic heterocycles. The van der Waals surface area contributed by atoms with Gasteiger partial charge in [-0.25, -0.2) is 4.79 Å². The average Bonchev–Trinajstić information content (AvgIpc) is 3.11. The second-order valence-corrected chi connectivity index (χ2v) is 6.48. The first kappa shape index (κ1) is 14.2. The fraction of sp³-hybridized carbons (Fsp3) is 0.857. The molecule has 2 N–H and O–H groups in total. The van der Waals surface area contributed by atoms with E-state index in [1.54, 1.807) is 4.90 Å². The first-order chi connectivity index (χ1) is 8.88. The highest BCUT2D eigenvalue weighted by atomic mass is 16.4. The molecule has 108 valence electrons. The average molecular weight is 268 g/mol. The van der Waals surface area contributed by atoms with Gasteiger partial charge in [-0.1, -0.05) is 0 Å². The Bertz CT molecular complexity index is 364. The highest BCUT2D eigenvalue weighted by molar-refractivity contribution is 5.75. The summed E-state index contributed by atoms with van der Waals surface area (Å²) in [7, 11) is 0. The van der Waals surface area contributed by atoms with Crippen LogP contribution in [0, 0.1) is 11.8 Å². The van der Waals surface area contributed by atoms with E-state index in [1.807, 2.05) is 0 Å². The largest absolute Gasteiger partial charge is 0.481 e. The van der Waals surface area contributed by atoms with E-state index in [1.165, 1.54) is 12.8 Å². The van der Waals surface area contributed by atoms with Gasteiger partial charge in [-0.3, -0.25) is 4.79 Å². The number of carbonyl (C=O) groups excluding carboxylic acids is 1. The van der Waals surface area contributed by atoms with Crippen molar-refractivity contribution in [1.82, 2.24) is 10.2 Å². The molecule has 5 heteroatoms. The van der Waals surface area contributed by atoms with Crippen LogP contribution in [0.1, 0.15) is 46.0 Å². The summed E-state index contributed by atoms with van der Waals surface area (Å²) in [5, 5.41) is 11.9. The third-order valence-corrected chi connectivity index (χ3v) is 4.30. The van der Waals surface area contributed by atoms with Crippen molar-refractivity contribution in [3.63, 3.8) is 0 Å². The van der Waals surface area contributed by atoms with Gasteiger partial charge in [0, 0.05) is 25.0 Å². The Morgan fingerprint density at radius 2 is 2.00 bits per heavy atom. The summed E-state index contributed by atoms with van der Waals surface area (Å²) in [6.45, 7) is 5.45. The topological polar surface area (TPSA) is 69.6 Å². The van der Waals surface area contributed by atoms with Crippen LogP contribution in [0.4, 0.5) is 4.79 Å². The summed E-state index contributed by atoms with van der Waals surface area (Å²) in [5.74, 6) is -0.0809. The number of aliphatic carboxylic acids is 1. The van der Waals surface area contributed by atoms with E-state index in [2.05, 4.69) is 19.2 Å². The van der Waals surface area contributed by atoms with Gasteiger partial charge in [-0.2, -0.15) is 0 Å². The van der Waals surface area contributed by atoms with Crippen molar-refractivity contribution in [3.05, 3.63) is 0 Å². The fourth-order valence-corrected chi connectivity index (χ4v) is 2.92. The number of amides is 2. The molecule has 2 aliphatic rings. The number of piperidine rings is 1. The summed E-state index contributed by atoms with van der Waals surface area (Å²) >= 11 is 0. The highest BCUT2D eigenvalue weighted by Crippen LogP contribution is 2.39. The summed E-state index contributed by atoms with van der Waals surface area (Å²) < 4.78 is 0. The number of hydrogen-bond acceptors (Lipinski definition) is 2. The standard InChI is InChI=1S/C14H24N2O3/c1-14(2,11-5-6-11)15-13(19)16-7-3-4-10(9-16)8-12(17)18/h10-11H,3-9H2,1-2H3,(H,15,19)(H,17,18). The predicted octanol–water partition coefficient (Wildman–Crippen LogP) is 2.07. The molecule has 0 radical (unpaired) electrons. The van der Waals surface area contributed by atoms with E-state index in [0.717, 1.165) is 19.4 Å². The van der Waals surface area contributed by atoms with Crippen LogP contribution in [0.25, 0.3) is 0 Å². The van der Waals surface area contributed by atoms with Gasteiger partial charge in [0.15, 0.2) is 0 Å². The second-order valence-electron chi connectivity index (χ2n) is 6.48. The van der Waals surface area contributed by atoms with Crippen molar-refractivity contribution in [2.45, 2.75) is 51.5 Å². The van der Waals surface area contributed by atoms with E-state index < -0.39 is 5.97 Å². The smallest absolute Gasteiger partial charge is 0.317 e. The van der Waals surface area contributed by atoms with Gasteiger partial charge in [-0.05, 0) is 51.4 Å². The van der Waals surface area contributed by atoms with E-state index in [4.69, 9.17) is 5.11 Å². The Labute approximate surface area is 114 Å². The van der Waals surface area contributed by atoms with Crippen molar-refractivity contribution < 1.29 is 14.7 Å². The van der Waals surface area contributed by atoms with Crippen LogP contribution in [0.3, 0.4) is 0 Å². The van der Waals surface area contributed by atoms with E-state index in [9.17, 15) is 9.59 Å². The second kappa shape index (κ2) is 5.39. The lowest BCUT2D eigenvalue weighted by molar-refractivity contribution is -0.138. The molecule has 1 unspecified atom stereocenters. The number of carboxylic acid groups (broad SMARTS) is 1. The number of urea groups is 1. The zero-order valence-corrected chi connectivity index (χ0v) is 11.8. The lowest BCUT2D eigenvalue weighted by Crippen LogP contribution is -2.53. The third-order valence-electron chi connectivity index (χ3n) is 4.30. The summed E-state index contributed by atoms with van der Waals surface area (Å²) in [5.41, 5.74) is -0.142. The maximum absolute atomic E-state index is 12.2. The zero-order chi connectivity index (χ0) is 14.0.